The summed E-state index contributed by atoms with van der Waals surface area (Å²) in [6.07, 6.45) is 0. The predicted octanol–water partition coefficient (Wildman–Crippen LogP) is 3.61. The molecule has 5 heteroatoms. The van der Waals surface area contributed by atoms with E-state index in [4.69, 9.17) is 21.1 Å². The number of para-hydroxylation sites is 2. The van der Waals surface area contributed by atoms with Crippen molar-refractivity contribution in [1.29, 1.82) is 0 Å². The molecule has 104 valence electrons. The Morgan fingerprint density at radius 3 is 2.45 bits per heavy atom. The fourth-order valence-electron chi connectivity index (χ4n) is 1.79. The van der Waals surface area contributed by atoms with Crippen molar-refractivity contribution in [2.75, 3.05) is 19.5 Å². The van der Waals surface area contributed by atoms with E-state index in [-0.39, 0.29) is 5.91 Å². The second-order valence-electron chi connectivity index (χ2n) is 4.00. The summed E-state index contributed by atoms with van der Waals surface area (Å²) in [6, 6.07) is 12.0. The molecule has 1 N–H and O–H groups in total. The van der Waals surface area contributed by atoms with Crippen molar-refractivity contribution in [3.05, 3.63) is 53.1 Å². The van der Waals surface area contributed by atoms with E-state index >= 15 is 0 Å². The van der Waals surface area contributed by atoms with Crippen LogP contribution < -0.4 is 14.8 Å². The Labute approximate surface area is 122 Å². The van der Waals surface area contributed by atoms with E-state index in [0.29, 0.717) is 27.8 Å². The van der Waals surface area contributed by atoms with Crippen LogP contribution in [-0.2, 0) is 0 Å². The normalized spacial score (nSPS) is 9.95. The zero-order valence-corrected chi connectivity index (χ0v) is 11.9. The third kappa shape index (κ3) is 3.03. The van der Waals surface area contributed by atoms with Gasteiger partial charge in [0.05, 0.1) is 25.5 Å². The smallest absolute Gasteiger partial charge is 0.259 e. The van der Waals surface area contributed by atoms with Gasteiger partial charge in [-0.3, -0.25) is 4.79 Å². The molecule has 0 heterocycles. The third-order valence-corrected chi connectivity index (χ3v) is 3.00. The first-order valence-corrected chi connectivity index (χ1v) is 6.31. The lowest BCUT2D eigenvalue weighted by Crippen LogP contribution is -2.13. The van der Waals surface area contributed by atoms with Crippen molar-refractivity contribution in [3.63, 3.8) is 0 Å². The molecule has 0 fully saturated rings. The van der Waals surface area contributed by atoms with E-state index in [9.17, 15) is 4.79 Å². The average Bonchev–Trinajstić information content (AvgIpc) is 2.47. The number of nitrogens with one attached hydrogen (secondary N) is 1. The predicted molar refractivity (Wildman–Crippen MR) is 79.0 cm³/mol. The van der Waals surface area contributed by atoms with E-state index in [0.717, 1.165) is 0 Å². The van der Waals surface area contributed by atoms with Crippen LogP contribution in [-0.4, -0.2) is 20.1 Å². The number of rotatable bonds is 4. The number of anilines is 1. The van der Waals surface area contributed by atoms with Crippen molar-refractivity contribution in [1.82, 2.24) is 0 Å². The number of halogens is 1. The van der Waals surface area contributed by atoms with Crippen molar-refractivity contribution in [2.45, 2.75) is 0 Å². The van der Waals surface area contributed by atoms with Crippen LogP contribution in [0.1, 0.15) is 10.4 Å². The van der Waals surface area contributed by atoms with Gasteiger partial charge in [0.1, 0.15) is 11.5 Å². The molecule has 0 radical (unpaired) electrons. The maximum atomic E-state index is 12.3. The van der Waals surface area contributed by atoms with E-state index in [1.807, 2.05) is 12.1 Å². The van der Waals surface area contributed by atoms with Gasteiger partial charge in [0, 0.05) is 5.02 Å². The second-order valence-corrected chi connectivity index (χ2v) is 4.44. The largest absolute Gasteiger partial charge is 0.496 e. The van der Waals surface area contributed by atoms with E-state index in [1.54, 1.807) is 37.4 Å². The molecule has 2 aromatic rings. The van der Waals surface area contributed by atoms with Gasteiger partial charge in [-0.25, -0.2) is 0 Å². The van der Waals surface area contributed by atoms with E-state index in [1.165, 1.54) is 7.11 Å². The zero-order valence-electron chi connectivity index (χ0n) is 11.1. The molecular weight excluding hydrogens is 278 g/mol. The van der Waals surface area contributed by atoms with Crippen LogP contribution in [0.3, 0.4) is 0 Å². The molecule has 0 saturated heterocycles. The van der Waals surface area contributed by atoms with Crippen molar-refractivity contribution >= 4 is 23.2 Å². The molecule has 20 heavy (non-hydrogen) atoms. The highest BCUT2D eigenvalue weighted by Crippen LogP contribution is 2.27. The first-order valence-electron chi connectivity index (χ1n) is 5.93. The van der Waals surface area contributed by atoms with E-state index < -0.39 is 0 Å². The lowest BCUT2D eigenvalue weighted by atomic mass is 10.1. The lowest BCUT2D eigenvalue weighted by molar-refractivity contribution is 0.102. The van der Waals surface area contributed by atoms with Gasteiger partial charge in [0.15, 0.2) is 0 Å². The molecule has 1 amide bonds. The average molecular weight is 292 g/mol. The summed E-state index contributed by atoms with van der Waals surface area (Å²) in [6.45, 7) is 0. The zero-order chi connectivity index (χ0) is 14.5. The van der Waals surface area contributed by atoms with Gasteiger partial charge in [-0.2, -0.15) is 0 Å². The molecule has 0 aliphatic carbocycles. The highest BCUT2D eigenvalue weighted by molar-refractivity contribution is 6.31. The fraction of sp³-hybridized carbons (Fsp3) is 0.133. The topological polar surface area (TPSA) is 47.6 Å². The van der Waals surface area contributed by atoms with Crippen LogP contribution >= 0.6 is 11.6 Å². The van der Waals surface area contributed by atoms with Gasteiger partial charge in [0.25, 0.3) is 5.91 Å². The Morgan fingerprint density at radius 2 is 1.75 bits per heavy atom. The summed E-state index contributed by atoms with van der Waals surface area (Å²) in [7, 11) is 3.04. The minimum atomic E-state index is -0.289. The molecule has 0 spiro atoms. The number of hydrogen-bond donors (Lipinski definition) is 1. The minimum absolute atomic E-state index is 0.289. The monoisotopic (exact) mass is 291 g/mol. The van der Waals surface area contributed by atoms with Gasteiger partial charge in [0.2, 0.25) is 0 Å². The van der Waals surface area contributed by atoms with E-state index in [2.05, 4.69) is 5.32 Å². The summed E-state index contributed by atoms with van der Waals surface area (Å²) in [5.74, 6) is 0.724. The number of ether oxygens (including phenoxy) is 2. The van der Waals surface area contributed by atoms with Crippen LogP contribution in [0.2, 0.25) is 5.02 Å². The van der Waals surface area contributed by atoms with Gasteiger partial charge >= 0.3 is 0 Å². The molecule has 0 saturated carbocycles. The molecule has 0 bridgehead atoms. The fourth-order valence-corrected chi connectivity index (χ4v) is 1.95. The van der Waals surface area contributed by atoms with Crippen LogP contribution in [0.15, 0.2) is 42.5 Å². The van der Waals surface area contributed by atoms with Crippen LogP contribution in [0, 0.1) is 0 Å². The maximum absolute atomic E-state index is 12.3. The quantitative estimate of drug-likeness (QED) is 0.936. The first kappa shape index (κ1) is 14.2. The van der Waals surface area contributed by atoms with Crippen molar-refractivity contribution < 1.29 is 14.3 Å². The molecule has 2 rings (SSSR count). The van der Waals surface area contributed by atoms with Crippen LogP contribution in [0.4, 0.5) is 5.69 Å². The number of methoxy groups -OCH3 is 2. The standard InChI is InChI=1S/C15H14ClNO3/c1-19-13-6-4-3-5-12(13)17-15(18)11-8-7-10(16)9-14(11)20-2/h3-9H,1-2H3,(H,17,18). The van der Waals surface area contributed by atoms with Crippen molar-refractivity contribution in [2.24, 2.45) is 0 Å². The van der Waals surface area contributed by atoms with Gasteiger partial charge in [-0.05, 0) is 30.3 Å². The van der Waals surface area contributed by atoms with Gasteiger partial charge in [-0.15, -0.1) is 0 Å². The minimum Gasteiger partial charge on any atom is -0.496 e. The molecule has 0 aliphatic rings. The van der Waals surface area contributed by atoms with Gasteiger partial charge < -0.3 is 14.8 Å². The Balaban J connectivity index is 2.28. The summed E-state index contributed by atoms with van der Waals surface area (Å²) in [5.41, 5.74) is 1.000. The molecule has 0 atom stereocenters. The molecule has 0 aromatic heterocycles. The van der Waals surface area contributed by atoms with Crippen LogP contribution in [0.25, 0.3) is 0 Å². The van der Waals surface area contributed by atoms with Gasteiger partial charge in [-0.1, -0.05) is 23.7 Å². The van der Waals surface area contributed by atoms with Crippen molar-refractivity contribution in [3.8, 4) is 11.5 Å². The number of benzene rings is 2. The summed E-state index contributed by atoms with van der Waals surface area (Å²) in [5, 5.41) is 3.29. The summed E-state index contributed by atoms with van der Waals surface area (Å²) in [4.78, 5) is 12.3. The second kappa shape index (κ2) is 6.30. The number of hydrogen-bond acceptors (Lipinski definition) is 3. The molecule has 0 aliphatic heterocycles. The molecule has 2 aromatic carbocycles. The summed E-state index contributed by atoms with van der Waals surface area (Å²) >= 11 is 5.88. The first-order chi connectivity index (χ1) is 9.65. The molecular formula is C15H14ClNO3. The third-order valence-electron chi connectivity index (χ3n) is 2.76. The van der Waals surface area contributed by atoms with Crippen LogP contribution in [0.5, 0.6) is 11.5 Å². The Hall–Kier alpha value is -2.20. The highest BCUT2D eigenvalue weighted by atomic mass is 35.5. The Bertz CT molecular complexity index is 628. The number of amides is 1. The Morgan fingerprint density at radius 1 is 1.05 bits per heavy atom. The number of carbonyl (C=O) groups is 1. The molecule has 4 nitrogen and oxygen atoms in total. The maximum Gasteiger partial charge on any atom is 0.259 e. The summed E-state index contributed by atoms with van der Waals surface area (Å²) < 4.78 is 10.4. The lowest BCUT2D eigenvalue weighted by Gasteiger charge is -2.12. The number of carbonyl (C=O) groups excluding carboxylic acids is 1. The Kier molecular flexibility index (Phi) is 4.48. The highest BCUT2D eigenvalue weighted by Gasteiger charge is 2.14. The SMILES string of the molecule is COc1ccccc1NC(=O)c1ccc(Cl)cc1OC. The molecule has 0 unspecified atom stereocenters.